The van der Waals surface area contributed by atoms with Crippen molar-refractivity contribution in [1.29, 1.82) is 0 Å². The van der Waals surface area contributed by atoms with Gasteiger partial charge in [0.15, 0.2) is 0 Å². The molecule has 0 aliphatic heterocycles. The average molecular weight is 186 g/mol. The Balaban J connectivity index is 4.22. The monoisotopic (exact) mass is 186 g/mol. The highest BCUT2D eigenvalue weighted by Crippen LogP contribution is 2.11. The van der Waals surface area contributed by atoms with Gasteiger partial charge in [-0.25, -0.2) is 0 Å². The largest absolute Gasteiger partial charge is 0.352 e. The van der Waals surface area contributed by atoms with Crippen molar-refractivity contribution >= 4 is 5.91 Å². The second-order valence-electron chi connectivity index (χ2n) is 3.65. The minimum absolute atomic E-state index is 0.0214. The molecule has 0 saturated carbocycles. The smallest absolute Gasteiger partial charge is 0.240 e. The molecule has 0 radical (unpaired) electrons. The third kappa shape index (κ3) is 3.35. The summed E-state index contributed by atoms with van der Waals surface area (Å²) in [6.45, 7) is 7.92. The third-order valence-electron chi connectivity index (χ3n) is 2.70. The van der Waals surface area contributed by atoms with Crippen LogP contribution in [-0.2, 0) is 4.79 Å². The van der Waals surface area contributed by atoms with Crippen molar-refractivity contribution in [3.05, 3.63) is 0 Å². The molecule has 0 saturated heterocycles. The van der Waals surface area contributed by atoms with Crippen LogP contribution in [-0.4, -0.2) is 17.5 Å². The highest BCUT2D eigenvalue weighted by molar-refractivity contribution is 5.86. The number of nitrogens with one attached hydrogen (secondary N) is 1. The van der Waals surface area contributed by atoms with Gasteiger partial charge in [0.2, 0.25) is 5.91 Å². The fourth-order valence-electron chi connectivity index (χ4n) is 1.04. The molecule has 1 amide bonds. The Morgan fingerprint density at radius 3 is 2.15 bits per heavy atom. The molecular formula is C10H22N2O. The van der Waals surface area contributed by atoms with Gasteiger partial charge in [0.25, 0.3) is 0 Å². The summed E-state index contributed by atoms with van der Waals surface area (Å²) in [4.78, 5) is 11.7. The second-order valence-corrected chi connectivity index (χ2v) is 3.65. The summed E-state index contributed by atoms with van der Waals surface area (Å²) >= 11 is 0. The van der Waals surface area contributed by atoms with Gasteiger partial charge in [-0.05, 0) is 26.2 Å². The minimum atomic E-state index is -0.677. The van der Waals surface area contributed by atoms with Crippen LogP contribution in [0.1, 0.15) is 47.0 Å². The molecule has 0 aliphatic carbocycles. The van der Waals surface area contributed by atoms with Gasteiger partial charge in [0.05, 0.1) is 5.54 Å². The molecule has 0 aromatic carbocycles. The minimum Gasteiger partial charge on any atom is -0.352 e. The van der Waals surface area contributed by atoms with Crippen molar-refractivity contribution < 1.29 is 4.79 Å². The second kappa shape index (κ2) is 5.22. The standard InChI is InChI=1S/C10H22N2O/c1-5-8(4)12-9(13)10(11,6-2)7-3/h8H,5-7,11H2,1-4H3,(H,12,13). The lowest BCUT2D eigenvalue weighted by Crippen LogP contribution is -2.54. The average Bonchev–Trinajstić information content (AvgIpc) is 2.16. The molecule has 3 N–H and O–H groups in total. The molecule has 0 heterocycles. The maximum atomic E-state index is 11.7. The van der Waals surface area contributed by atoms with Gasteiger partial charge in [0.1, 0.15) is 0 Å². The van der Waals surface area contributed by atoms with E-state index in [1.165, 1.54) is 0 Å². The lowest BCUT2D eigenvalue weighted by atomic mass is 9.93. The number of carbonyl (C=O) groups is 1. The van der Waals surface area contributed by atoms with E-state index in [0.29, 0.717) is 12.8 Å². The molecule has 0 spiro atoms. The van der Waals surface area contributed by atoms with Crippen molar-refractivity contribution in [1.82, 2.24) is 5.32 Å². The predicted octanol–water partition coefficient (Wildman–Crippen LogP) is 1.42. The van der Waals surface area contributed by atoms with Crippen LogP contribution < -0.4 is 11.1 Å². The molecule has 3 nitrogen and oxygen atoms in total. The molecule has 0 aliphatic rings. The first-order valence-corrected chi connectivity index (χ1v) is 5.10. The molecule has 78 valence electrons. The zero-order chi connectivity index (χ0) is 10.5. The molecule has 0 rings (SSSR count). The topological polar surface area (TPSA) is 55.1 Å². The lowest BCUT2D eigenvalue weighted by molar-refractivity contribution is -0.127. The van der Waals surface area contributed by atoms with Gasteiger partial charge < -0.3 is 11.1 Å². The van der Waals surface area contributed by atoms with Gasteiger partial charge in [-0.2, -0.15) is 0 Å². The van der Waals surface area contributed by atoms with Crippen molar-refractivity contribution in [2.45, 2.75) is 58.5 Å². The quantitative estimate of drug-likeness (QED) is 0.682. The molecular weight excluding hydrogens is 164 g/mol. The van der Waals surface area contributed by atoms with E-state index in [4.69, 9.17) is 5.73 Å². The van der Waals surface area contributed by atoms with Crippen LogP contribution in [0.4, 0.5) is 0 Å². The van der Waals surface area contributed by atoms with E-state index in [-0.39, 0.29) is 11.9 Å². The SMILES string of the molecule is CCC(C)NC(=O)C(N)(CC)CC. The van der Waals surface area contributed by atoms with Crippen LogP contribution >= 0.6 is 0 Å². The Morgan fingerprint density at radius 1 is 1.38 bits per heavy atom. The molecule has 0 fully saturated rings. The van der Waals surface area contributed by atoms with Crippen molar-refractivity contribution in [2.75, 3.05) is 0 Å². The number of rotatable bonds is 5. The summed E-state index contributed by atoms with van der Waals surface area (Å²) in [5.41, 5.74) is 5.25. The van der Waals surface area contributed by atoms with E-state index in [0.717, 1.165) is 6.42 Å². The first-order chi connectivity index (χ1) is 6.00. The van der Waals surface area contributed by atoms with Crippen LogP contribution in [0.5, 0.6) is 0 Å². The van der Waals surface area contributed by atoms with Crippen molar-refractivity contribution in [3.8, 4) is 0 Å². The Morgan fingerprint density at radius 2 is 1.85 bits per heavy atom. The number of amides is 1. The van der Waals surface area contributed by atoms with E-state index in [1.807, 2.05) is 27.7 Å². The summed E-state index contributed by atoms with van der Waals surface area (Å²) in [5, 5.41) is 2.91. The molecule has 0 aromatic rings. The number of nitrogens with two attached hydrogens (primary N) is 1. The van der Waals surface area contributed by atoms with Crippen molar-refractivity contribution in [3.63, 3.8) is 0 Å². The first kappa shape index (κ1) is 12.4. The summed E-state index contributed by atoms with van der Waals surface area (Å²) in [5.74, 6) is -0.0214. The number of hydrogen-bond acceptors (Lipinski definition) is 2. The Labute approximate surface area is 81.1 Å². The first-order valence-electron chi connectivity index (χ1n) is 5.10. The molecule has 0 bridgehead atoms. The number of hydrogen-bond donors (Lipinski definition) is 2. The van der Waals surface area contributed by atoms with Gasteiger partial charge in [-0.1, -0.05) is 20.8 Å². The van der Waals surface area contributed by atoms with Gasteiger partial charge in [-0.15, -0.1) is 0 Å². The predicted molar refractivity (Wildman–Crippen MR) is 55.4 cm³/mol. The third-order valence-corrected chi connectivity index (χ3v) is 2.70. The van der Waals surface area contributed by atoms with E-state index < -0.39 is 5.54 Å². The van der Waals surface area contributed by atoms with Crippen LogP contribution in [0, 0.1) is 0 Å². The normalized spacial score (nSPS) is 13.9. The summed E-state index contributed by atoms with van der Waals surface area (Å²) in [7, 11) is 0. The van der Waals surface area contributed by atoms with Gasteiger partial charge in [0, 0.05) is 6.04 Å². The fourth-order valence-corrected chi connectivity index (χ4v) is 1.04. The van der Waals surface area contributed by atoms with Crippen LogP contribution in [0.25, 0.3) is 0 Å². The lowest BCUT2D eigenvalue weighted by Gasteiger charge is -2.27. The molecule has 13 heavy (non-hydrogen) atoms. The Kier molecular flexibility index (Phi) is 4.99. The fraction of sp³-hybridized carbons (Fsp3) is 0.900. The highest BCUT2D eigenvalue weighted by Gasteiger charge is 2.30. The van der Waals surface area contributed by atoms with Gasteiger partial charge >= 0.3 is 0 Å². The Bertz CT molecular complexity index is 164. The highest BCUT2D eigenvalue weighted by atomic mass is 16.2. The van der Waals surface area contributed by atoms with Gasteiger partial charge in [-0.3, -0.25) is 4.79 Å². The van der Waals surface area contributed by atoms with Crippen molar-refractivity contribution in [2.24, 2.45) is 5.73 Å². The maximum absolute atomic E-state index is 11.7. The Hall–Kier alpha value is -0.570. The molecule has 1 atom stereocenters. The number of carbonyl (C=O) groups excluding carboxylic acids is 1. The summed E-state index contributed by atoms with van der Waals surface area (Å²) in [6, 6.07) is 0.216. The van der Waals surface area contributed by atoms with Crippen LogP contribution in [0.2, 0.25) is 0 Å². The summed E-state index contributed by atoms with van der Waals surface area (Å²) in [6.07, 6.45) is 2.31. The van der Waals surface area contributed by atoms with E-state index in [9.17, 15) is 4.79 Å². The zero-order valence-corrected chi connectivity index (χ0v) is 9.18. The molecule has 0 aromatic heterocycles. The zero-order valence-electron chi connectivity index (χ0n) is 9.18. The molecule has 3 heteroatoms. The van der Waals surface area contributed by atoms with E-state index in [2.05, 4.69) is 5.32 Å². The van der Waals surface area contributed by atoms with Crippen LogP contribution in [0.3, 0.4) is 0 Å². The van der Waals surface area contributed by atoms with Crippen LogP contribution in [0.15, 0.2) is 0 Å². The molecule has 1 unspecified atom stereocenters. The summed E-state index contributed by atoms with van der Waals surface area (Å²) < 4.78 is 0. The maximum Gasteiger partial charge on any atom is 0.240 e. The van der Waals surface area contributed by atoms with E-state index in [1.54, 1.807) is 0 Å². The van der Waals surface area contributed by atoms with E-state index >= 15 is 0 Å².